The van der Waals surface area contributed by atoms with Gasteiger partial charge in [0.05, 0.1) is 11.7 Å². The normalized spacial score (nSPS) is 27.5. The minimum absolute atomic E-state index is 0.436. The van der Waals surface area contributed by atoms with Gasteiger partial charge in [0, 0.05) is 6.20 Å². The first-order valence-corrected chi connectivity index (χ1v) is 8.82. The van der Waals surface area contributed by atoms with Crippen LogP contribution in [0.25, 0.3) is 0 Å². The van der Waals surface area contributed by atoms with Crippen molar-refractivity contribution in [1.82, 2.24) is 10.3 Å². The van der Waals surface area contributed by atoms with Crippen LogP contribution in [0.1, 0.15) is 70.7 Å². The molecule has 3 atom stereocenters. The van der Waals surface area contributed by atoms with Gasteiger partial charge in [0.2, 0.25) is 0 Å². The van der Waals surface area contributed by atoms with Crippen LogP contribution in [0.5, 0.6) is 0 Å². The van der Waals surface area contributed by atoms with E-state index in [-0.39, 0.29) is 0 Å². The fraction of sp³-hybridized carbons (Fsp3) is 0.737. The molecular formula is C19H32N2. The van der Waals surface area contributed by atoms with Crippen molar-refractivity contribution in [3.63, 3.8) is 0 Å². The Bertz CT molecular complexity index is 419. The molecule has 3 unspecified atom stereocenters. The van der Waals surface area contributed by atoms with Crippen molar-refractivity contribution in [2.24, 2.45) is 17.8 Å². The summed E-state index contributed by atoms with van der Waals surface area (Å²) in [6, 6.07) is 4.76. The van der Waals surface area contributed by atoms with Crippen LogP contribution in [-0.4, -0.2) is 11.5 Å². The first-order chi connectivity index (χ1) is 10.2. The van der Waals surface area contributed by atoms with E-state index >= 15 is 0 Å². The molecule has 1 aromatic rings. The monoisotopic (exact) mass is 288 g/mol. The van der Waals surface area contributed by atoms with Gasteiger partial charge in [-0.15, -0.1) is 0 Å². The highest BCUT2D eigenvalue weighted by Crippen LogP contribution is 2.40. The molecule has 0 spiro atoms. The van der Waals surface area contributed by atoms with Crippen LogP contribution >= 0.6 is 0 Å². The van der Waals surface area contributed by atoms with E-state index in [1.54, 1.807) is 0 Å². The van der Waals surface area contributed by atoms with Gasteiger partial charge < -0.3 is 5.32 Å². The van der Waals surface area contributed by atoms with Crippen LogP contribution in [0.4, 0.5) is 0 Å². The van der Waals surface area contributed by atoms with Gasteiger partial charge in [0.15, 0.2) is 0 Å². The lowest BCUT2D eigenvalue weighted by Crippen LogP contribution is -2.35. The zero-order chi connectivity index (χ0) is 15.2. The third-order valence-electron chi connectivity index (χ3n) is 4.90. The van der Waals surface area contributed by atoms with Gasteiger partial charge in [0.25, 0.3) is 0 Å². The van der Waals surface area contributed by atoms with E-state index in [0.29, 0.717) is 6.04 Å². The van der Waals surface area contributed by atoms with Crippen molar-refractivity contribution >= 4 is 0 Å². The van der Waals surface area contributed by atoms with Crippen molar-refractivity contribution in [1.29, 1.82) is 0 Å². The zero-order valence-electron chi connectivity index (χ0n) is 14.2. The average molecular weight is 288 g/mol. The van der Waals surface area contributed by atoms with E-state index in [4.69, 9.17) is 4.98 Å². The molecular weight excluding hydrogens is 256 g/mol. The van der Waals surface area contributed by atoms with Gasteiger partial charge in [-0.3, -0.25) is 4.98 Å². The predicted molar refractivity (Wildman–Crippen MR) is 90.3 cm³/mol. The summed E-state index contributed by atoms with van der Waals surface area (Å²) in [4.78, 5) is 4.77. The molecule has 2 rings (SSSR count). The summed E-state index contributed by atoms with van der Waals surface area (Å²) < 4.78 is 0. The van der Waals surface area contributed by atoms with Gasteiger partial charge in [-0.05, 0) is 68.0 Å². The predicted octanol–water partition coefficient (Wildman–Crippen LogP) is 4.76. The molecule has 1 saturated carbocycles. The Labute approximate surface area is 130 Å². The molecule has 21 heavy (non-hydrogen) atoms. The van der Waals surface area contributed by atoms with Gasteiger partial charge in [0.1, 0.15) is 0 Å². The van der Waals surface area contributed by atoms with Gasteiger partial charge in [-0.1, -0.05) is 33.8 Å². The third kappa shape index (κ3) is 4.29. The molecule has 0 bridgehead atoms. The molecule has 2 nitrogen and oxygen atoms in total. The molecule has 0 aromatic carbocycles. The molecule has 0 radical (unpaired) electrons. The second-order valence-electron chi connectivity index (χ2n) is 7.01. The largest absolute Gasteiger partial charge is 0.308 e. The van der Waals surface area contributed by atoms with Gasteiger partial charge in [-0.25, -0.2) is 0 Å². The number of hydrogen-bond acceptors (Lipinski definition) is 2. The highest BCUT2D eigenvalue weighted by Gasteiger charge is 2.32. The lowest BCUT2D eigenvalue weighted by molar-refractivity contribution is 0.174. The Kier molecular flexibility index (Phi) is 6.22. The maximum absolute atomic E-state index is 4.77. The summed E-state index contributed by atoms with van der Waals surface area (Å²) in [5, 5.41) is 3.81. The topological polar surface area (TPSA) is 24.9 Å². The van der Waals surface area contributed by atoms with Crippen LogP contribution in [0, 0.1) is 17.8 Å². The first-order valence-electron chi connectivity index (χ1n) is 8.82. The maximum Gasteiger partial charge on any atom is 0.0607 e. The second-order valence-corrected chi connectivity index (χ2v) is 7.01. The van der Waals surface area contributed by atoms with E-state index in [2.05, 4.69) is 45.1 Å². The van der Waals surface area contributed by atoms with Crippen LogP contribution in [0.15, 0.2) is 18.3 Å². The second kappa shape index (κ2) is 7.93. The van der Waals surface area contributed by atoms with E-state index in [9.17, 15) is 0 Å². The number of hydrogen-bond donors (Lipinski definition) is 1. The number of aryl methyl sites for hydroxylation is 1. The Balaban J connectivity index is 2.24. The minimum atomic E-state index is 0.436. The van der Waals surface area contributed by atoms with E-state index in [1.165, 1.54) is 36.9 Å². The molecule has 1 fully saturated rings. The standard InChI is InChI=1S/C19H32N2/c1-5-9-20-19(17-12-14(3)11-15(4)13-17)18-16(6-2)8-7-10-21-18/h7-8,10,14-15,17,19-20H,5-6,9,11-13H2,1-4H3. The summed E-state index contributed by atoms with van der Waals surface area (Å²) >= 11 is 0. The third-order valence-corrected chi connectivity index (χ3v) is 4.90. The van der Waals surface area contributed by atoms with Crippen molar-refractivity contribution in [2.45, 2.75) is 65.8 Å². The Morgan fingerprint density at radius 1 is 1.19 bits per heavy atom. The molecule has 2 heteroatoms. The summed E-state index contributed by atoms with van der Waals surface area (Å²) in [6.07, 6.45) is 8.29. The fourth-order valence-electron chi connectivity index (χ4n) is 4.10. The fourth-order valence-corrected chi connectivity index (χ4v) is 4.10. The number of aromatic nitrogens is 1. The maximum atomic E-state index is 4.77. The number of nitrogens with one attached hydrogen (secondary N) is 1. The van der Waals surface area contributed by atoms with Crippen molar-refractivity contribution in [2.75, 3.05) is 6.54 Å². The van der Waals surface area contributed by atoms with E-state index < -0.39 is 0 Å². The molecule has 1 N–H and O–H groups in total. The molecule has 1 aromatic heterocycles. The SMILES string of the molecule is CCCNC(c1ncccc1CC)C1CC(C)CC(C)C1. The quantitative estimate of drug-likeness (QED) is 0.816. The highest BCUT2D eigenvalue weighted by atomic mass is 14.9. The number of nitrogens with zero attached hydrogens (tertiary/aromatic N) is 1. The van der Waals surface area contributed by atoms with Crippen LogP contribution in [0.2, 0.25) is 0 Å². The minimum Gasteiger partial charge on any atom is -0.308 e. The summed E-state index contributed by atoms with van der Waals surface area (Å²) in [6.45, 7) is 10.4. The lowest BCUT2D eigenvalue weighted by atomic mass is 9.72. The molecule has 0 aliphatic heterocycles. The molecule has 0 amide bonds. The molecule has 1 aliphatic rings. The Morgan fingerprint density at radius 3 is 2.52 bits per heavy atom. The number of pyridine rings is 1. The Morgan fingerprint density at radius 2 is 1.90 bits per heavy atom. The van der Waals surface area contributed by atoms with E-state index in [1.807, 2.05) is 6.20 Å². The van der Waals surface area contributed by atoms with Crippen LogP contribution in [-0.2, 0) is 6.42 Å². The average Bonchev–Trinajstić information content (AvgIpc) is 2.47. The molecule has 1 aliphatic carbocycles. The molecule has 1 heterocycles. The number of rotatable bonds is 6. The molecule has 0 saturated heterocycles. The van der Waals surface area contributed by atoms with Gasteiger partial charge in [-0.2, -0.15) is 0 Å². The summed E-state index contributed by atoms with van der Waals surface area (Å²) in [5.41, 5.74) is 2.72. The van der Waals surface area contributed by atoms with Crippen LogP contribution in [0.3, 0.4) is 0 Å². The summed E-state index contributed by atoms with van der Waals surface area (Å²) in [5.74, 6) is 2.42. The summed E-state index contributed by atoms with van der Waals surface area (Å²) in [7, 11) is 0. The highest BCUT2D eigenvalue weighted by molar-refractivity contribution is 5.23. The lowest BCUT2D eigenvalue weighted by Gasteiger charge is -2.37. The van der Waals surface area contributed by atoms with Crippen molar-refractivity contribution in [3.8, 4) is 0 Å². The van der Waals surface area contributed by atoms with Gasteiger partial charge >= 0.3 is 0 Å². The molecule has 118 valence electrons. The van der Waals surface area contributed by atoms with E-state index in [0.717, 1.165) is 30.7 Å². The van der Waals surface area contributed by atoms with Crippen molar-refractivity contribution < 1.29 is 0 Å². The van der Waals surface area contributed by atoms with Crippen LogP contribution < -0.4 is 5.32 Å². The Hall–Kier alpha value is -0.890. The van der Waals surface area contributed by atoms with Crippen molar-refractivity contribution in [3.05, 3.63) is 29.6 Å². The smallest absolute Gasteiger partial charge is 0.0607 e. The first kappa shape index (κ1) is 16.5. The zero-order valence-corrected chi connectivity index (χ0v) is 14.2.